The van der Waals surface area contributed by atoms with Crippen molar-refractivity contribution in [3.05, 3.63) is 0 Å². The highest BCUT2D eigenvalue weighted by Crippen LogP contribution is 2.13. The summed E-state index contributed by atoms with van der Waals surface area (Å²) in [5.74, 6) is 0.646. The second-order valence-corrected chi connectivity index (χ2v) is 3.26. The molecule has 1 fully saturated rings. The molecule has 0 aliphatic carbocycles. The number of amidine groups is 1. The Morgan fingerprint density at radius 1 is 1.67 bits per heavy atom. The molecule has 1 aliphatic heterocycles. The first-order chi connectivity index (χ1) is 5.74. The van der Waals surface area contributed by atoms with Gasteiger partial charge in [-0.25, -0.2) is 0 Å². The van der Waals surface area contributed by atoms with Crippen LogP contribution in [-0.2, 0) is 4.74 Å². The maximum Gasteiger partial charge on any atom is 0.0926 e. The Morgan fingerprint density at radius 2 is 2.42 bits per heavy atom. The van der Waals surface area contributed by atoms with Crippen LogP contribution in [0.2, 0.25) is 0 Å². The molecular weight excluding hydrogens is 152 g/mol. The van der Waals surface area contributed by atoms with Gasteiger partial charge in [-0.15, -0.1) is 0 Å². The van der Waals surface area contributed by atoms with Crippen LogP contribution in [0.25, 0.3) is 0 Å². The molecule has 70 valence electrons. The average molecular weight is 170 g/mol. The minimum absolute atomic E-state index is 0.366. The lowest BCUT2D eigenvalue weighted by Crippen LogP contribution is -2.35. The number of likely N-dealkylation sites (N-methyl/N-ethyl adjacent to an activating group) is 1. The van der Waals surface area contributed by atoms with Crippen LogP contribution in [0.4, 0.5) is 0 Å². The van der Waals surface area contributed by atoms with Gasteiger partial charge in [-0.3, -0.25) is 5.41 Å². The lowest BCUT2D eigenvalue weighted by atomic mass is 10.2. The summed E-state index contributed by atoms with van der Waals surface area (Å²) in [5, 5.41) is 7.49. The van der Waals surface area contributed by atoms with Crippen molar-refractivity contribution in [1.29, 1.82) is 5.41 Å². The minimum Gasteiger partial charge on any atom is -0.376 e. The van der Waals surface area contributed by atoms with Crippen LogP contribution in [0.15, 0.2) is 0 Å². The fourth-order valence-electron chi connectivity index (χ4n) is 1.54. The van der Waals surface area contributed by atoms with Gasteiger partial charge in [0.05, 0.1) is 11.9 Å². The maximum absolute atomic E-state index is 7.49. The standard InChI is InChI=1S/C9H18N2O/c1-3-11(8(2)10)7-9-5-4-6-12-9/h9-10H,3-7H2,1-2H3. The number of hydrogen-bond acceptors (Lipinski definition) is 2. The third kappa shape index (κ3) is 2.48. The van der Waals surface area contributed by atoms with Gasteiger partial charge in [-0.1, -0.05) is 0 Å². The summed E-state index contributed by atoms with van der Waals surface area (Å²) >= 11 is 0. The van der Waals surface area contributed by atoms with Crippen LogP contribution < -0.4 is 0 Å². The minimum atomic E-state index is 0.366. The van der Waals surface area contributed by atoms with E-state index in [1.54, 1.807) is 0 Å². The summed E-state index contributed by atoms with van der Waals surface area (Å²) in [5.41, 5.74) is 0. The van der Waals surface area contributed by atoms with Crippen LogP contribution in [0.5, 0.6) is 0 Å². The topological polar surface area (TPSA) is 36.3 Å². The summed E-state index contributed by atoms with van der Waals surface area (Å²) in [7, 11) is 0. The van der Waals surface area contributed by atoms with Crippen molar-refractivity contribution >= 4 is 5.84 Å². The second-order valence-electron chi connectivity index (χ2n) is 3.26. The predicted molar refractivity (Wildman–Crippen MR) is 49.6 cm³/mol. The molecule has 1 rings (SSSR count). The Hall–Kier alpha value is -0.570. The first-order valence-corrected chi connectivity index (χ1v) is 4.65. The van der Waals surface area contributed by atoms with Crippen molar-refractivity contribution in [2.75, 3.05) is 19.7 Å². The quantitative estimate of drug-likeness (QED) is 0.514. The number of rotatable bonds is 3. The van der Waals surface area contributed by atoms with E-state index in [9.17, 15) is 0 Å². The molecule has 0 amide bonds. The Morgan fingerprint density at radius 3 is 2.83 bits per heavy atom. The van der Waals surface area contributed by atoms with Crippen molar-refractivity contribution in [3.8, 4) is 0 Å². The Balaban J connectivity index is 2.30. The van der Waals surface area contributed by atoms with Crippen LogP contribution >= 0.6 is 0 Å². The van der Waals surface area contributed by atoms with Gasteiger partial charge < -0.3 is 9.64 Å². The van der Waals surface area contributed by atoms with Gasteiger partial charge in [0.15, 0.2) is 0 Å². The predicted octanol–water partition coefficient (Wildman–Crippen LogP) is 1.48. The zero-order chi connectivity index (χ0) is 8.97. The Labute approximate surface area is 74.2 Å². The molecule has 0 aromatic carbocycles. The molecule has 0 aromatic heterocycles. The fraction of sp³-hybridized carbons (Fsp3) is 0.889. The largest absolute Gasteiger partial charge is 0.376 e. The van der Waals surface area contributed by atoms with Crippen molar-refractivity contribution in [2.45, 2.75) is 32.8 Å². The summed E-state index contributed by atoms with van der Waals surface area (Å²) in [6, 6.07) is 0. The van der Waals surface area contributed by atoms with Crippen LogP contribution in [0.1, 0.15) is 26.7 Å². The first kappa shape index (κ1) is 9.52. The highest BCUT2D eigenvalue weighted by Gasteiger charge is 2.18. The lowest BCUT2D eigenvalue weighted by molar-refractivity contribution is 0.0920. The second kappa shape index (κ2) is 4.45. The average Bonchev–Trinajstić information content (AvgIpc) is 2.51. The van der Waals surface area contributed by atoms with E-state index in [1.165, 1.54) is 6.42 Å². The van der Waals surface area contributed by atoms with E-state index >= 15 is 0 Å². The molecule has 0 saturated carbocycles. The number of ether oxygens (including phenoxy) is 1. The van der Waals surface area contributed by atoms with Crippen molar-refractivity contribution < 1.29 is 4.74 Å². The van der Waals surface area contributed by atoms with E-state index < -0.39 is 0 Å². The Kier molecular flexibility index (Phi) is 3.53. The van der Waals surface area contributed by atoms with Gasteiger partial charge in [0.25, 0.3) is 0 Å². The number of hydrogen-bond donors (Lipinski definition) is 1. The van der Waals surface area contributed by atoms with Gasteiger partial charge in [0, 0.05) is 19.7 Å². The molecule has 1 N–H and O–H groups in total. The number of nitrogens with one attached hydrogen (secondary N) is 1. The third-order valence-electron chi connectivity index (χ3n) is 2.30. The van der Waals surface area contributed by atoms with E-state index in [-0.39, 0.29) is 0 Å². The van der Waals surface area contributed by atoms with E-state index in [2.05, 4.69) is 11.8 Å². The smallest absolute Gasteiger partial charge is 0.0926 e. The molecule has 1 atom stereocenters. The molecule has 0 spiro atoms. The molecule has 3 nitrogen and oxygen atoms in total. The van der Waals surface area contributed by atoms with Crippen LogP contribution in [0, 0.1) is 5.41 Å². The Bertz CT molecular complexity index is 153. The highest BCUT2D eigenvalue weighted by molar-refractivity contribution is 5.76. The van der Waals surface area contributed by atoms with Crippen molar-refractivity contribution in [2.24, 2.45) is 0 Å². The fourth-order valence-corrected chi connectivity index (χ4v) is 1.54. The van der Waals surface area contributed by atoms with Crippen molar-refractivity contribution in [1.82, 2.24) is 4.90 Å². The molecule has 1 aliphatic rings. The van der Waals surface area contributed by atoms with E-state index in [0.29, 0.717) is 11.9 Å². The highest BCUT2D eigenvalue weighted by atomic mass is 16.5. The van der Waals surface area contributed by atoms with Gasteiger partial charge in [0.2, 0.25) is 0 Å². The molecule has 3 heteroatoms. The lowest BCUT2D eigenvalue weighted by Gasteiger charge is -2.24. The molecule has 0 aromatic rings. The van der Waals surface area contributed by atoms with Gasteiger partial charge in [0.1, 0.15) is 0 Å². The summed E-state index contributed by atoms with van der Waals surface area (Å²) in [4.78, 5) is 2.05. The molecule has 1 heterocycles. The van der Waals surface area contributed by atoms with Gasteiger partial charge in [-0.05, 0) is 26.7 Å². The van der Waals surface area contributed by atoms with Gasteiger partial charge >= 0.3 is 0 Å². The van der Waals surface area contributed by atoms with E-state index in [0.717, 1.165) is 26.1 Å². The van der Waals surface area contributed by atoms with Crippen LogP contribution in [-0.4, -0.2) is 36.5 Å². The summed E-state index contributed by atoms with van der Waals surface area (Å²) in [6.07, 6.45) is 2.70. The molecular formula is C9H18N2O. The van der Waals surface area contributed by atoms with E-state index in [4.69, 9.17) is 10.1 Å². The molecule has 0 bridgehead atoms. The van der Waals surface area contributed by atoms with Gasteiger partial charge in [-0.2, -0.15) is 0 Å². The molecule has 1 saturated heterocycles. The molecule has 0 radical (unpaired) electrons. The zero-order valence-electron chi connectivity index (χ0n) is 7.97. The monoisotopic (exact) mass is 170 g/mol. The first-order valence-electron chi connectivity index (χ1n) is 4.65. The van der Waals surface area contributed by atoms with Crippen LogP contribution in [0.3, 0.4) is 0 Å². The van der Waals surface area contributed by atoms with Crippen molar-refractivity contribution in [3.63, 3.8) is 0 Å². The normalized spacial score (nSPS) is 22.7. The molecule has 1 unspecified atom stereocenters. The summed E-state index contributed by atoms with van der Waals surface area (Å²) in [6.45, 7) is 6.62. The summed E-state index contributed by atoms with van der Waals surface area (Å²) < 4.78 is 5.50. The number of nitrogens with zero attached hydrogens (tertiary/aromatic N) is 1. The maximum atomic E-state index is 7.49. The zero-order valence-corrected chi connectivity index (χ0v) is 7.97. The SMILES string of the molecule is CCN(CC1CCCO1)C(C)=N. The molecule has 12 heavy (non-hydrogen) atoms. The van der Waals surface area contributed by atoms with E-state index in [1.807, 2.05) is 6.92 Å². The third-order valence-corrected chi connectivity index (χ3v) is 2.30.